The van der Waals surface area contributed by atoms with Crippen molar-refractivity contribution < 1.29 is 0 Å². The maximum atomic E-state index is 5.38. The van der Waals surface area contributed by atoms with Crippen LogP contribution in [0, 0.1) is 0 Å². The van der Waals surface area contributed by atoms with Gasteiger partial charge in [0.2, 0.25) is 5.96 Å². The number of guanidine groups is 1. The SMILES string of the molecule is CCCN=C(NN)NC(C)c1cccs1. The van der Waals surface area contributed by atoms with E-state index in [0.717, 1.165) is 13.0 Å². The standard InChI is InChI=1S/C10H18N4S/c1-3-6-12-10(14-11)13-8(2)9-5-4-7-15-9/h4-5,7-8H,3,6,11H2,1-2H3,(H2,12,13,14). The topological polar surface area (TPSA) is 62.4 Å². The summed E-state index contributed by atoms with van der Waals surface area (Å²) < 4.78 is 0. The number of hydrogen-bond donors (Lipinski definition) is 3. The van der Waals surface area contributed by atoms with E-state index >= 15 is 0 Å². The van der Waals surface area contributed by atoms with Crippen LogP contribution < -0.4 is 16.6 Å². The first kappa shape index (κ1) is 12.0. The molecule has 0 spiro atoms. The van der Waals surface area contributed by atoms with Gasteiger partial charge in [-0.3, -0.25) is 10.4 Å². The molecule has 0 amide bonds. The van der Waals surface area contributed by atoms with Gasteiger partial charge in [0.1, 0.15) is 0 Å². The molecular weight excluding hydrogens is 208 g/mol. The summed E-state index contributed by atoms with van der Waals surface area (Å²) in [5.74, 6) is 6.03. The van der Waals surface area contributed by atoms with Crippen LogP contribution in [0.1, 0.15) is 31.2 Å². The molecule has 4 N–H and O–H groups in total. The van der Waals surface area contributed by atoms with Crippen molar-refractivity contribution in [1.82, 2.24) is 10.7 Å². The fourth-order valence-electron chi connectivity index (χ4n) is 1.17. The van der Waals surface area contributed by atoms with Crippen molar-refractivity contribution in [2.24, 2.45) is 10.8 Å². The van der Waals surface area contributed by atoms with Crippen LogP contribution in [0.3, 0.4) is 0 Å². The molecule has 1 aromatic rings. The molecular formula is C10H18N4S. The highest BCUT2D eigenvalue weighted by molar-refractivity contribution is 7.10. The Kier molecular flexibility index (Phi) is 5.14. The van der Waals surface area contributed by atoms with Gasteiger partial charge in [-0.05, 0) is 24.8 Å². The first-order chi connectivity index (χ1) is 7.27. The van der Waals surface area contributed by atoms with Gasteiger partial charge in [0, 0.05) is 11.4 Å². The summed E-state index contributed by atoms with van der Waals surface area (Å²) in [4.78, 5) is 5.56. The Morgan fingerprint density at radius 2 is 2.47 bits per heavy atom. The van der Waals surface area contributed by atoms with Crippen molar-refractivity contribution in [3.63, 3.8) is 0 Å². The van der Waals surface area contributed by atoms with Gasteiger partial charge in [-0.1, -0.05) is 13.0 Å². The van der Waals surface area contributed by atoms with Crippen molar-refractivity contribution in [3.8, 4) is 0 Å². The summed E-state index contributed by atoms with van der Waals surface area (Å²) in [6.45, 7) is 4.95. The zero-order valence-electron chi connectivity index (χ0n) is 9.16. The predicted molar refractivity (Wildman–Crippen MR) is 65.8 cm³/mol. The maximum Gasteiger partial charge on any atom is 0.206 e. The minimum Gasteiger partial charge on any atom is -0.348 e. The molecule has 5 heteroatoms. The van der Waals surface area contributed by atoms with Crippen molar-refractivity contribution in [3.05, 3.63) is 22.4 Å². The highest BCUT2D eigenvalue weighted by Gasteiger charge is 2.07. The minimum absolute atomic E-state index is 0.233. The van der Waals surface area contributed by atoms with Crippen LogP contribution in [0.2, 0.25) is 0 Å². The number of aliphatic imine (C=N–C) groups is 1. The summed E-state index contributed by atoms with van der Waals surface area (Å²) in [7, 11) is 0. The van der Waals surface area contributed by atoms with Crippen molar-refractivity contribution in [2.75, 3.05) is 6.54 Å². The lowest BCUT2D eigenvalue weighted by molar-refractivity contribution is 0.698. The van der Waals surface area contributed by atoms with Crippen LogP contribution >= 0.6 is 11.3 Å². The molecule has 0 bridgehead atoms. The van der Waals surface area contributed by atoms with Gasteiger partial charge in [0.25, 0.3) is 0 Å². The van der Waals surface area contributed by atoms with E-state index in [4.69, 9.17) is 5.84 Å². The molecule has 0 saturated carbocycles. The highest BCUT2D eigenvalue weighted by Crippen LogP contribution is 2.17. The molecule has 1 atom stereocenters. The number of thiophene rings is 1. The third-order valence-corrected chi connectivity index (χ3v) is 3.01. The molecule has 0 aromatic carbocycles. The number of nitrogens with two attached hydrogens (primary N) is 1. The van der Waals surface area contributed by atoms with Gasteiger partial charge in [-0.25, -0.2) is 5.84 Å². The van der Waals surface area contributed by atoms with Gasteiger partial charge in [0.05, 0.1) is 6.04 Å². The number of nitrogens with zero attached hydrogens (tertiary/aromatic N) is 1. The van der Waals surface area contributed by atoms with Gasteiger partial charge < -0.3 is 5.32 Å². The molecule has 1 unspecified atom stereocenters. The zero-order valence-corrected chi connectivity index (χ0v) is 9.97. The summed E-state index contributed by atoms with van der Waals surface area (Å²) in [6.07, 6.45) is 1.01. The lowest BCUT2D eigenvalue weighted by Gasteiger charge is -2.14. The fourth-order valence-corrected chi connectivity index (χ4v) is 1.90. The van der Waals surface area contributed by atoms with Crippen molar-refractivity contribution in [2.45, 2.75) is 26.3 Å². The Labute approximate surface area is 94.6 Å². The molecule has 0 fully saturated rings. The maximum absolute atomic E-state index is 5.38. The van der Waals surface area contributed by atoms with E-state index in [9.17, 15) is 0 Å². The number of rotatable bonds is 4. The quantitative estimate of drug-likeness (QED) is 0.316. The summed E-state index contributed by atoms with van der Waals surface area (Å²) in [5, 5.41) is 5.29. The lowest BCUT2D eigenvalue weighted by Crippen LogP contribution is -2.42. The highest BCUT2D eigenvalue weighted by atomic mass is 32.1. The van der Waals surface area contributed by atoms with Crippen molar-refractivity contribution in [1.29, 1.82) is 0 Å². The Bertz CT molecular complexity index is 294. The van der Waals surface area contributed by atoms with Crippen LogP contribution in [0.25, 0.3) is 0 Å². The second kappa shape index (κ2) is 6.42. The Hall–Kier alpha value is -1.07. The molecule has 1 heterocycles. The predicted octanol–water partition coefficient (Wildman–Crippen LogP) is 1.63. The first-order valence-electron chi connectivity index (χ1n) is 5.09. The fraction of sp³-hybridized carbons (Fsp3) is 0.500. The lowest BCUT2D eigenvalue weighted by atomic mass is 10.3. The van der Waals surface area contributed by atoms with Gasteiger partial charge in [-0.2, -0.15) is 0 Å². The van der Waals surface area contributed by atoms with Crippen molar-refractivity contribution >= 4 is 17.3 Å². The molecule has 15 heavy (non-hydrogen) atoms. The van der Waals surface area contributed by atoms with Crippen LogP contribution in [0.15, 0.2) is 22.5 Å². The van der Waals surface area contributed by atoms with E-state index in [1.165, 1.54) is 4.88 Å². The van der Waals surface area contributed by atoms with Crippen LogP contribution in [-0.2, 0) is 0 Å². The van der Waals surface area contributed by atoms with Gasteiger partial charge in [0.15, 0.2) is 0 Å². The molecule has 84 valence electrons. The smallest absolute Gasteiger partial charge is 0.206 e. The molecule has 0 aliphatic rings. The third kappa shape index (κ3) is 3.89. The Morgan fingerprint density at radius 3 is 3.00 bits per heavy atom. The number of hydrogen-bond acceptors (Lipinski definition) is 3. The average Bonchev–Trinajstić information content (AvgIpc) is 2.77. The molecule has 0 aliphatic carbocycles. The number of nitrogens with one attached hydrogen (secondary N) is 2. The van der Waals surface area contributed by atoms with E-state index in [2.05, 4.69) is 41.0 Å². The molecule has 1 rings (SSSR count). The van der Waals surface area contributed by atoms with E-state index < -0.39 is 0 Å². The van der Waals surface area contributed by atoms with Gasteiger partial charge in [-0.15, -0.1) is 11.3 Å². The van der Waals surface area contributed by atoms with E-state index in [0.29, 0.717) is 5.96 Å². The van der Waals surface area contributed by atoms with Gasteiger partial charge >= 0.3 is 0 Å². The molecule has 0 aliphatic heterocycles. The van der Waals surface area contributed by atoms with Crippen LogP contribution in [0.5, 0.6) is 0 Å². The molecule has 1 aromatic heterocycles. The number of hydrazine groups is 1. The average molecular weight is 226 g/mol. The van der Waals surface area contributed by atoms with E-state index in [1.54, 1.807) is 11.3 Å². The summed E-state index contributed by atoms with van der Waals surface area (Å²) in [5.41, 5.74) is 2.57. The Morgan fingerprint density at radius 1 is 1.67 bits per heavy atom. The summed E-state index contributed by atoms with van der Waals surface area (Å²) >= 11 is 1.72. The monoisotopic (exact) mass is 226 g/mol. The minimum atomic E-state index is 0.233. The van der Waals surface area contributed by atoms with Crippen LogP contribution in [-0.4, -0.2) is 12.5 Å². The zero-order chi connectivity index (χ0) is 11.1. The summed E-state index contributed by atoms with van der Waals surface area (Å²) in [6, 6.07) is 4.37. The van der Waals surface area contributed by atoms with E-state index in [1.807, 2.05) is 6.07 Å². The van der Waals surface area contributed by atoms with E-state index in [-0.39, 0.29) is 6.04 Å². The third-order valence-electron chi connectivity index (χ3n) is 1.95. The Balaban J connectivity index is 2.52. The first-order valence-corrected chi connectivity index (χ1v) is 5.97. The second-order valence-electron chi connectivity index (χ2n) is 3.26. The second-order valence-corrected chi connectivity index (χ2v) is 4.24. The largest absolute Gasteiger partial charge is 0.348 e. The normalized spacial score (nSPS) is 13.7. The van der Waals surface area contributed by atoms with Crippen LogP contribution in [0.4, 0.5) is 0 Å². The molecule has 0 radical (unpaired) electrons. The molecule has 0 saturated heterocycles. The molecule has 4 nitrogen and oxygen atoms in total.